The van der Waals surface area contributed by atoms with Crippen molar-refractivity contribution in [2.45, 2.75) is 0 Å². The van der Waals surface area contributed by atoms with Gasteiger partial charge >= 0.3 is 5.97 Å². The van der Waals surface area contributed by atoms with E-state index in [0.717, 1.165) is 5.56 Å². The summed E-state index contributed by atoms with van der Waals surface area (Å²) in [6.45, 7) is 0. The van der Waals surface area contributed by atoms with E-state index < -0.39 is 0 Å². The third-order valence-corrected chi connectivity index (χ3v) is 1.59. The Morgan fingerprint density at radius 1 is 1.36 bits per heavy atom. The van der Waals surface area contributed by atoms with Gasteiger partial charge in [0.15, 0.2) is 0 Å². The number of benzene rings is 1. The second-order valence-electron chi connectivity index (χ2n) is 2.46. The zero-order chi connectivity index (χ0) is 10.4. The first-order valence-electron chi connectivity index (χ1n) is 3.93. The molecular weight excluding hydrogens is 176 g/mol. The highest BCUT2D eigenvalue weighted by molar-refractivity contribution is 5.89. The Kier molecular flexibility index (Phi) is 3.35. The number of rotatable bonds is 1. The molecule has 0 spiro atoms. The molecule has 1 rings (SSSR count). The van der Waals surface area contributed by atoms with E-state index in [-0.39, 0.29) is 5.97 Å². The Hall–Kier alpha value is -2.19. The number of terminal acetylenes is 1. The summed E-state index contributed by atoms with van der Waals surface area (Å²) in [4.78, 5) is 11.0. The molecule has 1 aromatic carbocycles. The van der Waals surface area contributed by atoms with Gasteiger partial charge in [-0.1, -0.05) is 5.92 Å². The average Bonchev–Trinajstić information content (AvgIpc) is 2.26. The first-order valence-corrected chi connectivity index (χ1v) is 3.93. The van der Waals surface area contributed by atoms with Gasteiger partial charge in [0.2, 0.25) is 0 Å². The number of methoxy groups -OCH3 is 1. The third-order valence-electron chi connectivity index (χ3n) is 1.59. The van der Waals surface area contributed by atoms with Crippen LogP contribution in [-0.4, -0.2) is 13.1 Å². The number of hydrogen-bond donors (Lipinski definition) is 0. The smallest absolute Gasteiger partial charge is 0.337 e. The second kappa shape index (κ2) is 4.74. The van der Waals surface area contributed by atoms with Crippen molar-refractivity contribution in [3.8, 4) is 24.2 Å². The number of hydrogen-bond acceptors (Lipinski definition) is 2. The maximum absolute atomic E-state index is 11.0. The zero-order valence-corrected chi connectivity index (χ0v) is 7.70. The molecule has 68 valence electrons. The minimum Gasteiger partial charge on any atom is -0.465 e. The molecule has 0 heterocycles. The first kappa shape index (κ1) is 9.89. The standard InChI is InChI=1S/C12H8O2/c1-3-4-5-10-6-8-11(9-7-10)12(13)14-2/h1,6-9H,2H3. The van der Waals surface area contributed by atoms with E-state index in [0.29, 0.717) is 5.56 Å². The molecule has 2 heteroatoms. The van der Waals surface area contributed by atoms with E-state index in [9.17, 15) is 4.79 Å². The van der Waals surface area contributed by atoms with Crippen LogP contribution < -0.4 is 0 Å². The van der Waals surface area contributed by atoms with Gasteiger partial charge in [0, 0.05) is 5.56 Å². The molecule has 0 unspecified atom stereocenters. The summed E-state index contributed by atoms with van der Waals surface area (Å²) < 4.78 is 4.55. The number of carbonyl (C=O) groups is 1. The van der Waals surface area contributed by atoms with Crippen LogP contribution in [0.5, 0.6) is 0 Å². The Labute approximate surface area is 82.9 Å². The number of esters is 1. The fourth-order valence-corrected chi connectivity index (χ4v) is 0.916. The minimum absolute atomic E-state index is 0.360. The van der Waals surface area contributed by atoms with Gasteiger partial charge < -0.3 is 4.74 Å². The monoisotopic (exact) mass is 184 g/mol. The van der Waals surface area contributed by atoms with Crippen molar-refractivity contribution in [2.24, 2.45) is 0 Å². The second-order valence-corrected chi connectivity index (χ2v) is 2.46. The van der Waals surface area contributed by atoms with Gasteiger partial charge in [0.05, 0.1) is 12.7 Å². The fraction of sp³-hybridized carbons (Fsp3) is 0.0833. The van der Waals surface area contributed by atoms with Gasteiger partial charge in [-0.2, -0.15) is 0 Å². The fourth-order valence-electron chi connectivity index (χ4n) is 0.916. The van der Waals surface area contributed by atoms with Crippen LogP contribution >= 0.6 is 0 Å². The maximum atomic E-state index is 11.0. The molecule has 0 saturated carbocycles. The molecule has 0 aliphatic heterocycles. The van der Waals surface area contributed by atoms with Crippen molar-refractivity contribution in [1.29, 1.82) is 0 Å². The van der Waals surface area contributed by atoms with E-state index >= 15 is 0 Å². The lowest BCUT2D eigenvalue weighted by molar-refractivity contribution is 0.0601. The van der Waals surface area contributed by atoms with E-state index in [1.165, 1.54) is 7.11 Å². The molecule has 0 atom stereocenters. The van der Waals surface area contributed by atoms with Crippen LogP contribution in [0.15, 0.2) is 24.3 Å². The quantitative estimate of drug-likeness (QED) is 0.488. The van der Waals surface area contributed by atoms with Crippen molar-refractivity contribution >= 4 is 5.97 Å². The molecule has 0 amide bonds. The Bertz CT molecular complexity index is 424. The molecule has 0 aliphatic carbocycles. The van der Waals surface area contributed by atoms with Gasteiger partial charge in [-0.05, 0) is 36.1 Å². The van der Waals surface area contributed by atoms with E-state index in [1.54, 1.807) is 24.3 Å². The van der Waals surface area contributed by atoms with Gasteiger partial charge in [0.1, 0.15) is 0 Å². The van der Waals surface area contributed by atoms with Gasteiger partial charge in [-0.3, -0.25) is 0 Å². The van der Waals surface area contributed by atoms with Crippen molar-refractivity contribution in [2.75, 3.05) is 7.11 Å². The molecule has 0 aromatic heterocycles. The summed E-state index contributed by atoms with van der Waals surface area (Å²) in [5.41, 5.74) is 1.27. The predicted octanol–water partition coefficient (Wildman–Crippen LogP) is 1.46. The molecule has 14 heavy (non-hydrogen) atoms. The highest BCUT2D eigenvalue weighted by Crippen LogP contribution is 2.04. The Morgan fingerprint density at radius 3 is 2.50 bits per heavy atom. The molecule has 2 nitrogen and oxygen atoms in total. The van der Waals surface area contributed by atoms with Crippen LogP contribution in [0.25, 0.3) is 0 Å². The summed E-state index contributed by atoms with van der Waals surface area (Å²) in [5.74, 6) is 7.08. The molecule has 0 N–H and O–H groups in total. The van der Waals surface area contributed by atoms with Crippen molar-refractivity contribution < 1.29 is 9.53 Å². The molecule has 1 aromatic rings. The normalized spacial score (nSPS) is 8.00. The van der Waals surface area contributed by atoms with Gasteiger partial charge in [0.25, 0.3) is 0 Å². The molecule has 0 saturated heterocycles. The SMILES string of the molecule is C#CC#Cc1ccc(C(=O)OC)cc1. The van der Waals surface area contributed by atoms with Gasteiger partial charge in [-0.25, -0.2) is 4.79 Å². The highest BCUT2D eigenvalue weighted by atomic mass is 16.5. The van der Waals surface area contributed by atoms with E-state index in [2.05, 4.69) is 22.5 Å². The van der Waals surface area contributed by atoms with Crippen molar-refractivity contribution in [3.05, 3.63) is 35.4 Å². The average molecular weight is 184 g/mol. The minimum atomic E-state index is -0.360. The lowest BCUT2D eigenvalue weighted by atomic mass is 10.1. The molecule has 0 aliphatic rings. The maximum Gasteiger partial charge on any atom is 0.337 e. The van der Waals surface area contributed by atoms with Crippen LogP contribution in [0.1, 0.15) is 15.9 Å². The zero-order valence-electron chi connectivity index (χ0n) is 7.70. The molecule has 0 fully saturated rings. The largest absolute Gasteiger partial charge is 0.465 e. The summed E-state index contributed by atoms with van der Waals surface area (Å²) >= 11 is 0. The predicted molar refractivity (Wildman–Crippen MR) is 53.5 cm³/mol. The van der Waals surface area contributed by atoms with Crippen molar-refractivity contribution in [1.82, 2.24) is 0 Å². The summed E-state index contributed by atoms with van der Waals surface area (Å²) in [7, 11) is 1.34. The van der Waals surface area contributed by atoms with E-state index in [1.807, 2.05) is 0 Å². The van der Waals surface area contributed by atoms with Gasteiger partial charge in [-0.15, -0.1) is 6.42 Å². The number of ether oxygens (including phenoxy) is 1. The van der Waals surface area contributed by atoms with Crippen LogP contribution in [0.2, 0.25) is 0 Å². The summed E-state index contributed by atoms with van der Waals surface area (Å²) in [5, 5.41) is 0. The van der Waals surface area contributed by atoms with Crippen LogP contribution in [0, 0.1) is 24.2 Å². The molecular formula is C12H8O2. The van der Waals surface area contributed by atoms with Crippen LogP contribution in [0.3, 0.4) is 0 Å². The highest BCUT2D eigenvalue weighted by Gasteiger charge is 2.02. The van der Waals surface area contributed by atoms with Crippen molar-refractivity contribution in [3.63, 3.8) is 0 Å². The lowest BCUT2D eigenvalue weighted by Gasteiger charge is -1.97. The Morgan fingerprint density at radius 2 is 2.00 bits per heavy atom. The van der Waals surface area contributed by atoms with E-state index in [4.69, 9.17) is 6.42 Å². The molecule has 0 bridgehead atoms. The first-order chi connectivity index (χ1) is 6.77. The van der Waals surface area contributed by atoms with Crippen LogP contribution in [0.4, 0.5) is 0 Å². The summed E-state index contributed by atoms with van der Waals surface area (Å²) in [6, 6.07) is 6.73. The topological polar surface area (TPSA) is 26.3 Å². The Balaban J connectivity index is 2.90. The number of carbonyl (C=O) groups excluding carboxylic acids is 1. The molecule has 0 radical (unpaired) electrons. The lowest BCUT2D eigenvalue weighted by Crippen LogP contribution is -2.00. The summed E-state index contributed by atoms with van der Waals surface area (Å²) in [6.07, 6.45) is 4.98. The van der Waals surface area contributed by atoms with Crippen LogP contribution in [-0.2, 0) is 4.74 Å². The third kappa shape index (κ3) is 2.40.